The molecule has 2 N–H and O–H groups in total. The molecule has 0 aromatic carbocycles. The second-order valence-electron chi connectivity index (χ2n) is 4.85. The molecular formula is C13H24N2O3. The van der Waals surface area contributed by atoms with E-state index in [0.29, 0.717) is 25.5 Å². The fraction of sp³-hybridized carbons (Fsp3) is 0.846. The van der Waals surface area contributed by atoms with E-state index in [0.717, 1.165) is 25.9 Å². The second-order valence-corrected chi connectivity index (χ2v) is 4.85. The van der Waals surface area contributed by atoms with Crippen LogP contribution in [0.1, 0.15) is 33.1 Å². The van der Waals surface area contributed by atoms with E-state index >= 15 is 0 Å². The molecule has 0 aromatic rings. The maximum absolute atomic E-state index is 11.6. The Morgan fingerprint density at radius 3 is 2.89 bits per heavy atom. The van der Waals surface area contributed by atoms with E-state index in [2.05, 4.69) is 10.6 Å². The Kier molecular flexibility index (Phi) is 6.72. The summed E-state index contributed by atoms with van der Waals surface area (Å²) in [7, 11) is 0. The number of hydrogen-bond acceptors (Lipinski definition) is 4. The zero-order chi connectivity index (χ0) is 13.4. The van der Waals surface area contributed by atoms with Crippen molar-refractivity contribution in [2.45, 2.75) is 33.1 Å². The van der Waals surface area contributed by atoms with Gasteiger partial charge in [0.05, 0.1) is 12.5 Å². The molecule has 2 unspecified atom stereocenters. The highest BCUT2D eigenvalue weighted by Crippen LogP contribution is 2.13. The van der Waals surface area contributed by atoms with E-state index in [-0.39, 0.29) is 17.8 Å². The Bertz CT molecular complexity index is 275. The Morgan fingerprint density at radius 1 is 1.50 bits per heavy atom. The molecular weight excluding hydrogens is 232 g/mol. The lowest BCUT2D eigenvalue weighted by molar-refractivity contribution is -0.147. The van der Waals surface area contributed by atoms with Crippen molar-refractivity contribution in [3.05, 3.63) is 0 Å². The van der Waals surface area contributed by atoms with Crippen LogP contribution in [0.15, 0.2) is 0 Å². The normalized spacial score (nSPS) is 20.4. The number of esters is 1. The van der Waals surface area contributed by atoms with Crippen molar-refractivity contribution in [2.75, 3.05) is 26.2 Å². The van der Waals surface area contributed by atoms with Crippen LogP contribution in [0.3, 0.4) is 0 Å². The third-order valence-corrected chi connectivity index (χ3v) is 3.24. The minimum Gasteiger partial charge on any atom is -0.466 e. The van der Waals surface area contributed by atoms with E-state index in [1.807, 2.05) is 0 Å². The van der Waals surface area contributed by atoms with Crippen molar-refractivity contribution >= 4 is 11.9 Å². The van der Waals surface area contributed by atoms with E-state index in [1.165, 1.54) is 0 Å². The van der Waals surface area contributed by atoms with Gasteiger partial charge in [0.25, 0.3) is 0 Å². The van der Waals surface area contributed by atoms with Crippen LogP contribution in [0.4, 0.5) is 0 Å². The van der Waals surface area contributed by atoms with Gasteiger partial charge in [0.1, 0.15) is 0 Å². The molecule has 0 aromatic heterocycles. The lowest BCUT2D eigenvalue weighted by Crippen LogP contribution is -2.32. The van der Waals surface area contributed by atoms with Crippen LogP contribution in [0.2, 0.25) is 0 Å². The Labute approximate surface area is 109 Å². The minimum atomic E-state index is -0.276. The molecule has 1 amide bonds. The van der Waals surface area contributed by atoms with Gasteiger partial charge in [0.15, 0.2) is 0 Å². The number of amides is 1. The standard InChI is InChI=1S/C13H24N2O3/c1-3-18-13(17)10(2)8-15-12(16)5-4-11-6-7-14-9-11/h10-11,14H,3-9H2,1-2H3,(H,15,16). The number of hydrogen-bond donors (Lipinski definition) is 2. The van der Waals surface area contributed by atoms with Crippen molar-refractivity contribution < 1.29 is 14.3 Å². The van der Waals surface area contributed by atoms with Crippen LogP contribution in [-0.4, -0.2) is 38.1 Å². The van der Waals surface area contributed by atoms with Gasteiger partial charge in [-0.05, 0) is 38.8 Å². The maximum atomic E-state index is 11.6. The highest BCUT2D eigenvalue weighted by atomic mass is 16.5. The molecule has 2 atom stereocenters. The van der Waals surface area contributed by atoms with Gasteiger partial charge in [-0.3, -0.25) is 9.59 Å². The monoisotopic (exact) mass is 256 g/mol. The summed E-state index contributed by atoms with van der Waals surface area (Å²) in [6.45, 7) is 6.36. The van der Waals surface area contributed by atoms with Gasteiger partial charge in [0.2, 0.25) is 5.91 Å². The molecule has 0 spiro atoms. The smallest absolute Gasteiger partial charge is 0.310 e. The summed E-state index contributed by atoms with van der Waals surface area (Å²) >= 11 is 0. The molecule has 0 radical (unpaired) electrons. The number of carbonyl (C=O) groups is 2. The van der Waals surface area contributed by atoms with Crippen molar-refractivity contribution in [3.8, 4) is 0 Å². The summed E-state index contributed by atoms with van der Waals surface area (Å²) in [5, 5.41) is 6.07. The highest BCUT2D eigenvalue weighted by Gasteiger charge is 2.17. The van der Waals surface area contributed by atoms with Crippen LogP contribution in [0, 0.1) is 11.8 Å². The molecule has 5 heteroatoms. The van der Waals surface area contributed by atoms with Crippen molar-refractivity contribution in [1.29, 1.82) is 0 Å². The molecule has 5 nitrogen and oxygen atoms in total. The van der Waals surface area contributed by atoms with Crippen molar-refractivity contribution in [2.24, 2.45) is 11.8 Å². The number of rotatable bonds is 7. The van der Waals surface area contributed by atoms with Gasteiger partial charge in [-0.1, -0.05) is 6.92 Å². The molecule has 1 aliphatic rings. The fourth-order valence-electron chi connectivity index (χ4n) is 2.02. The molecule has 0 aliphatic carbocycles. The summed E-state index contributed by atoms with van der Waals surface area (Å²) < 4.78 is 4.88. The summed E-state index contributed by atoms with van der Waals surface area (Å²) in [6, 6.07) is 0. The average Bonchev–Trinajstić information content (AvgIpc) is 2.86. The second kappa shape index (κ2) is 8.08. The van der Waals surface area contributed by atoms with Gasteiger partial charge in [-0.2, -0.15) is 0 Å². The SMILES string of the molecule is CCOC(=O)C(C)CNC(=O)CCC1CCNC1. The summed E-state index contributed by atoms with van der Waals surface area (Å²) in [4.78, 5) is 22.9. The molecule has 1 aliphatic heterocycles. The van der Waals surface area contributed by atoms with Gasteiger partial charge in [-0.15, -0.1) is 0 Å². The fourth-order valence-corrected chi connectivity index (χ4v) is 2.02. The molecule has 1 rings (SSSR count). The van der Waals surface area contributed by atoms with E-state index in [9.17, 15) is 9.59 Å². The molecule has 18 heavy (non-hydrogen) atoms. The average molecular weight is 256 g/mol. The number of nitrogens with one attached hydrogen (secondary N) is 2. The van der Waals surface area contributed by atoms with Crippen LogP contribution in [0.25, 0.3) is 0 Å². The van der Waals surface area contributed by atoms with E-state index in [1.54, 1.807) is 13.8 Å². The summed E-state index contributed by atoms with van der Waals surface area (Å²) in [5.41, 5.74) is 0. The van der Waals surface area contributed by atoms with Gasteiger partial charge >= 0.3 is 5.97 Å². The molecule has 1 saturated heterocycles. The van der Waals surface area contributed by atoms with Gasteiger partial charge < -0.3 is 15.4 Å². The van der Waals surface area contributed by atoms with Gasteiger partial charge in [-0.25, -0.2) is 0 Å². The zero-order valence-corrected chi connectivity index (χ0v) is 11.3. The zero-order valence-electron chi connectivity index (χ0n) is 11.3. The third-order valence-electron chi connectivity index (χ3n) is 3.24. The minimum absolute atomic E-state index is 0.0260. The first-order chi connectivity index (χ1) is 8.63. The van der Waals surface area contributed by atoms with Crippen LogP contribution >= 0.6 is 0 Å². The van der Waals surface area contributed by atoms with Crippen molar-refractivity contribution in [1.82, 2.24) is 10.6 Å². The van der Waals surface area contributed by atoms with Crippen LogP contribution < -0.4 is 10.6 Å². The summed E-state index contributed by atoms with van der Waals surface area (Å²) in [6.07, 6.45) is 2.63. The Morgan fingerprint density at radius 2 is 2.28 bits per heavy atom. The van der Waals surface area contributed by atoms with E-state index < -0.39 is 0 Å². The predicted molar refractivity (Wildman–Crippen MR) is 69.0 cm³/mol. The molecule has 0 saturated carbocycles. The quantitative estimate of drug-likeness (QED) is 0.658. The first-order valence-corrected chi connectivity index (χ1v) is 6.77. The van der Waals surface area contributed by atoms with E-state index in [4.69, 9.17) is 4.74 Å². The predicted octanol–water partition coefficient (Wildman–Crippen LogP) is 0.691. The van der Waals surface area contributed by atoms with Crippen LogP contribution in [0.5, 0.6) is 0 Å². The number of carbonyl (C=O) groups excluding carboxylic acids is 2. The molecule has 1 heterocycles. The van der Waals surface area contributed by atoms with Gasteiger partial charge in [0, 0.05) is 13.0 Å². The largest absolute Gasteiger partial charge is 0.466 e. The van der Waals surface area contributed by atoms with Crippen LogP contribution in [-0.2, 0) is 14.3 Å². The topological polar surface area (TPSA) is 67.4 Å². The first kappa shape index (κ1) is 15.0. The molecule has 0 bridgehead atoms. The Balaban J connectivity index is 2.10. The number of ether oxygens (including phenoxy) is 1. The third kappa shape index (κ3) is 5.49. The maximum Gasteiger partial charge on any atom is 0.310 e. The Hall–Kier alpha value is -1.10. The lowest BCUT2D eigenvalue weighted by atomic mass is 10.0. The molecule has 1 fully saturated rings. The van der Waals surface area contributed by atoms with Crippen molar-refractivity contribution in [3.63, 3.8) is 0 Å². The summed E-state index contributed by atoms with van der Waals surface area (Å²) in [5.74, 6) is 0.121. The molecule has 104 valence electrons. The highest BCUT2D eigenvalue weighted by molar-refractivity contribution is 5.77. The first-order valence-electron chi connectivity index (χ1n) is 6.77. The lowest BCUT2D eigenvalue weighted by Gasteiger charge is -2.12.